The first-order chi connectivity index (χ1) is 59.7. The third kappa shape index (κ3) is 104. The van der Waals surface area contributed by atoms with Crippen LogP contribution in [0.25, 0.3) is 0 Å². The van der Waals surface area contributed by atoms with Gasteiger partial charge in [-0.1, -0.05) is 194 Å². The molecule has 1 amide bonds. The summed E-state index contributed by atoms with van der Waals surface area (Å²) in [6.07, 6.45) is 34.6. The monoisotopic (exact) mass is 1770 g/mol. The molecular formula is C87H171NO32P-. The number of phosphoric ester groups is 1. The normalized spacial score (nSPS) is 12.4. The minimum atomic E-state index is -4.91. The lowest BCUT2D eigenvalue weighted by Gasteiger charge is -2.25. The van der Waals surface area contributed by atoms with Crippen LogP contribution in [-0.2, 0) is 142 Å². The molecule has 2 atom stereocenters. The van der Waals surface area contributed by atoms with E-state index in [0.29, 0.717) is 284 Å². The fraction of sp³-hybridized carbons (Fsp3) is 0.966. The molecule has 0 bridgehead atoms. The average Bonchev–Trinajstić information content (AvgIpc) is 0.906. The van der Waals surface area contributed by atoms with E-state index in [1.165, 1.54) is 141 Å². The third-order valence-corrected chi connectivity index (χ3v) is 19.0. The minimum Gasteiger partial charge on any atom is -0.756 e. The lowest BCUT2D eigenvalue weighted by atomic mass is 10.0. The Bertz CT molecular complexity index is 2080. The van der Waals surface area contributed by atoms with Crippen molar-refractivity contribution in [1.29, 1.82) is 0 Å². The quantitative estimate of drug-likeness (QED) is 0.0256. The van der Waals surface area contributed by atoms with Crippen LogP contribution in [0.5, 0.6) is 0 Å². The van der Waals surface area contributed by atoms with Gasteiger partial charge in [0.2, 0.25) is 0 Å². The van der Waals surface area contributed by atoms with Gasteiger partial charge in [0.05, 0.1) is 297 Å². The van der Waals surface area contributed by atoms with Gasteiger partial charge in [0.25, 0.3) is 7.82 Å². The van der Waals surface area contributed by atoms with Crippen LogP contribution in [0.2, 0.25) is 0 Å². The highest BCUT2D eigenvalue weighted by Crippen LogP contribution is 2.38. The smallest absolute Gasteiger partial charge is 0.407 e. The van der Waals surface area contributed by atoms with Gasteiger partial charge in [-0.15, -0.1) is 0 Å². The van der Waals surface area contributed by atoms with Crippen molar-refractivity contribution in [3.63, 3.8) is 0 Å². The first-order valence-electron chi connectivity index (χ1n) is 46.2. The molecule has 34 heteroatoms. The molecule has 0 aliphatic heterocycles. The van der Waals surface area contributed by atoms with Crippen LogP contribution < -0.4 is 10.2 Å². The Hall–Kier alpha value is -2.56. The molecule has 0 aliphatic carbocycles. The topological polar surface area (TPSA) is 353 Å². The average molecular weight is 1770 g/mol. The molecule has 0 saturated carbocycles. The molecule has 0 saturated heterocycles. The number of amides is 1. The Morgan fingerprint density at radius 3 is 0.686 bits per heavy atom. The maximum atomic E-state index is 12.9. The minimum absolute atomic E-state index is 0.0508. The van der Waals surface area contributed by atoms with Crippen molar-refractivity contribution in [2.45, 2.75) is 225 Å². The van der Waals surface area contributed by atoms with E-state index in [1.54, 1.807) is 7.11 Å². The molecule has 722 valence electrons. The van der Waals surface area contributed by atoms with Crippen molar-refractivity contribution >= 4 is 25.9 Å². The Balaban J connectivity index is 3.70. The van der Waals surface area contributed by atoms with E-state index < -0.39 is 45.2 Å². The number of rotatable bonds is 108. The summed E-state index contributed by atoms with van der Waals surface area (Å²) in [7, 11) is -3.27. The molecule has 0 aromatic rings. The number of ether oxygens (including phenoxy) is 25. The fourth-order valence-electron chi connectivity index (χ4n) is 11.3. The third-order valence-electron chi connectivity index (χ3n) is 18.1. The molecule has 0 radical (unpaired) electrons. The zero-order chi connectivity index (χ0) is 87.2. The summed E-state index contributed by atoms with van der Waals surface area (Å²) < 4.78 is 159. The second-order valence-corrected chi connectivity index (χ2v) is 30.1. The van der Waals surface area contributed by atoms with E-state index in [1.807, 2.05) is 0 Å². The van der Waals surface area contributed by atoms with Crippen molar-refractivity contribution in [1.82, 2.24) is 5.32 Å². The molecule has 121 heavy (non-hydrogen) atoms. The Kier molecular flexibility index (Phi) is 102. The molecule has 0 spiro atoms. The van der Waals surface area contributed by atoms with Crippen molar-refractivity contribution in [3.05, 3.63) is 0 Å². The van der Waals surface area contributed by atoms with Gasteiger partial charge in [-0.3, -0.25) is 14.2 Å². The summed E-state index contributed by atoms with van der Waals surface area (Å²) in [4.78, 5) is 50.5. The van der Waals surface area contributed by atoms with Gasteiger partial charge in [0.15, 0.2) is 6.10 Å². The van der Waals surface area contributed by atoms with E-state index in [4.69, 9.17) is 127 Å². The standard InChI is InChI=1S/C87H172NO32P/c1-4-6-8-10-12-14-16-18-20-22-24-26-28-30-32-34-85(89)117-82-84(120-86(90)35-33-31-29-27-25-23-21-19-17-15-13-11-9-7-5-2)83-119-121(92,93)118-37-36-88-87(91)116-81-80-115-79-78-114-77-76-113-75-74-112-73-72-111-71-70-110-69-68-109-67-66-108-65-64-107-63-62-106-61-60-105-59-58-104-57-56-103-55-54-102-53-52-101-51-50-100-49-48-99-47-46-98-45-44-97-43-42-96-41-40-95-39-38-94-3/h84H,4-83H2,1-3H3,(H,88,91)(H,92,93)/p-1/t84-/m1/s1. The highest BCUT2D eigenvalue weighted by Gasteiger charge is 2.22. The van der Waals surface area contributed by atoms with Gasteiger partial charge in [-0.2, -0.15) is 0 Å². The Morgan fingerprint density at radius 2 is 0.455 bits per heavy atom. The number of carbonyl (C=O) groups excluding carboxylic acids is 3. The van der Waals surface area contributed by atoms with Gasteiger partial charge in [0.1, 0.15) is 13.2 Å². The lowest BCUT2D eigenvalue weighted by Crippen LogP contribution is -2.31. The van der Waals surface area contributed by atoms with Gasteiger partial charge < -0.3 is 138 Å². The first-order valence-corrected chi connectivity index (χ1v) is 47.7. The Morgan fingerprint density at radius 1 is 0.248 bits per heavy atom. The lowest BCUT2D eigenvalue weighted by molar-refractivity contribution is -0.228. The van der Waals surface area contributed by atoms with Crippen LogP contribution in [0.1, 0.15) is 219 Å². The van der Waals surface area contributed by atoms with E-state index in [0.717, 1.165) is 38.5 Å². The molecule has 0 aliphatic rings. The first kappa shape index (κ1) is 118. The number of phosphoric acid groups is 1. The van der Waals surface area contributed by atoms with E-state index in [-0.39, 0.29) is 45.8 Å². The number of alkyl carbamates (subject to hydrolysis) is 1. The number of unbranched alkanes of at least 4 members (excludes halogenated alkanes) is 28. The fourth-order valence-corrected chi connectivity index (χ4v) is 12.0. The van der Waals surface area contributed by atoms with Crippen LogP contribution >= 0.6 is 7.82 Å². The number of carbonyl (C=O) groups is 3. The molecule has 0 aromatic carbocycles. The van der Waals surface area contributed by atoms with Crippen LogP contribution in [0.4, 0.5) is 4.79 Å². The Labute approximate surface area is 729 Å². The summed E-state index contributed by atoms with van der Waals surface area (Å²) >= 11 is 0. The van der Waals surface area contributed by atoms with Crippen molar-refractivity contribution < 1.29 is 151 Å². The zero-order valence-corrected chi connectivity index (χ0v) is 76.6. The largest absolute Gasteiger partial charge is 0.756 e. The van der Waals surface area contributed by atoms with Crippen LogP contribution in [0.15, 0.2) is 0 Å². The summed E-state index contributed by atoms with van der Waals surface area (Å²) in [6, 6.07) is 0. The molecule has 0 aromatic heterocycles. The maximum Gasteiger partial charge on any atom is 0.407 e. The highest BCUT2D eigenvalue weighted by molar-refractivity contribution is 7.45. The van der Waals surface area contributed by atoms with Gasteiger partial charge in [-0.05, 0) is 12.8 Å². The summed E-state index contributed by atoms with van der Waals surface area (Å²) in [5.74, 6) is -0.971. The maximum absolute atomic E-state index is 12.9. The second kappa shape index (κ2) is 104. The molecule has 33 nitrogen and oxygen atoms in total. The van der Waals surface area contributed by atoms with E-state index in [2.05, 4.69) is 19.2 Å². The van der Waals surface area contributed by atoms with Crippen molar-refractivity contribution in [3.8, 4) is 0 Å². The highest BCUT2D eigenvalue weighted by atomic mass is 31.2. The van der Waals surface area contributed by atoms with Crippen LogP contribution in [0.3, 0.4) is 0 Å². The van der Waals surface area contributed by atoms with E-state index in [9.17, 15) is 23.8 Å². The number of esters is 2. The predicted molar refractivity (Wildman–Crippen MR) is 458 cm³/mol. The molecule has 1 N–H and O–H groups in total. The predicted octanol–water partition coefficient (Wildman–Crippen LogP) is 12.2. The molecule has 0 fully saturated rings. The van der Waals surface area contributed by atoms with Crippen molar-refractivity contribution in [2.75, 3.05) is 324 Å². The van der Waals surface area contributed by atoms with Crippen LogP contribution in [0, 0.1) is 0 Å². The van der Waals surface area contributed by atoms with E-state index >= 15 is 0 Å². The summed E-state index contributed by atoms with van der Waals surface area (Å²) in [5.41, 5.74) is 0. The number of methoxy groups -OCH3 is 1. The van der Waals surface area contributed by atoms with Gasteiger partial charge >= 0.3 is 18.0 Å². The number of hydrogen-bond donors (Lipinski definition) is 1. The molecular weight excluding hydrogens is 1600 g/mol. The summed E-state index contributed by atoms with van der Waals surface area (Å²) in [6.45, 7) is 22.4. The van der Waals surface area contributed by atoms with Gasteiger partial charge in [0, 0.05) is 26.5 Å². The number of hydrogen-bond acceptors (Lipinski definition) is 32. The summed E-state index contributed by atoms with van der Waals surface area (Å²) in [5, 5.41) is 2.41. The molecule has 0 rings (SSSR count). The van der Waals surface area contributed by atoms with Gasteiger partial charge in [-0.25, -0.2) is 4.79 Å². The molecule has 1 unspecified atom stereocenters. The zero-order valence-electron chi connectivity index (χ0n) is 75.7. The van der Waals surface area contributed by atoms with Crippen molar-refractivity contribution in [2.24, 2.45) is 0 Å². The molecule has 0 heterocycles. The SMILES string of the molecule is CCCCCCCCCCCCCCCCCC(=O)OC[C@H](COP(=O)([O-])OCCNC(=O)OCCOCCOCCOCCOCCOCCOCCOCCOCCOCCOCCOCCOCCOCCOCCOCCOCCOCCOCCOCCOCCOCCOC)OC(=O)CCCCCCCCCCCCCCCCC. The second-order valence-electron chi connectivity index (χ2n) is 28.7. The number of nitrogens with one attached hydrogen (secondary N) is 1. The van der Waals surface area contributed by atoms with Crippen LogP contribution in [-0.4, -0.2) is 348 Å².